The average Bonchev–Trinajstić information content (AvgIpc) is 3.18. The predicted octanol–water partition coefficient (Wildman–Crippen LogP) is 0.873. The van der Waals surface area contributed by atoms with Crippen molar-refractivity contribution in [2.24, 2.45) is 11.0 Å². The highest BCUT2D eigenvalue weighted by molar-refractivity contribution is 7.91. The third kappa shape index (κ3) is 4.30. The molecule has 0 aliphatic carbocycles. The van der Waals surface area contributed by atoms with Crippen molar-refractivity contribution in [2.45, 2.75) is 29.9 Å². The fraction of sp³-hybridized carbons (Fsp3) is 0.562. The van der Waals surface area contributed by atoms with Gasteiger partial charge in [-0.15, -0.1) is 11.3 Å². The molecular formula is C16H22N4O4S2. The molecule has 1 aromatic heterocycles. The second-order valence-electron chi connectivity index (χ2n) is 6.51. The van der Waals surface area contributed by atoms with Crippen LogP contribution in [-0.2, 0) is 19.6 Å². The normalized spacial score (nSPS) is 21.7. The molecule has 2 aliphatic rings. The minimum atomic E-state index is -3.49. The van der Waals surface area contributed by atoms with Crippen molar-refractivity contribution in [1.29, 1.82) is 0 Å². The molecule has 1 saturated heterocycles. The Balaban J connectivity index is 1.58. The summed E-state index contributed by atoms with van der Waals surface area (Å²) in [4.78, 5) is 25.9. The summed E-state index contributed by atoms with van der Waals surface area (Å²) in [6.07, 6.45) is 2.33. The molecule has 2 amide bonds. The van der Waals surface area contributed by atoms with Gasteiger partial charge in [0.25, 0.3) is 5.91 Å². The van der Waals surface area contributed by atoms with Crippen LogP contribution in [0.2, 0.25) is 0 Å². The van der Waals surface area contributed by atoms with Crippen LogP contribution < -0.4 is 4.72 Å². The number of amides is 2. The maximum absolute atomic E-state index is 12.7. The molecule has 0 aromatic carbocycles. The minimum absolute atomic E-state index is 0.0611. The molecule has 10 heteroatoms. The summed E-state index contributed by atoms with van der Waals surface area (Å²) < 4.78 is 27.4. The van der Waals surface area contributed by atoms with Crippen LogP contribution in [0.15, 0.2) is 26.8 Å². The van der Waals surface area contributed by atoms with Gasteiger partial charge in [-0.1, -0.05) is 6.07 Å². The number of rotatable bonds is 5. The van der Waals surface area contributed by atoms with Gasteiger partial charge < -0.3 is 4.90 Å². The molecular weight excluding hydrogens is 376 g/mol. The highest BCUT2D eigenvalue weighted by Gasteiger charge is 2.30. The number of hydrazone groups is 1. The predicted molar refractivity (Wildman–Crippen MR) is 98.3 cm³/mol. The first-order chi connectivity index (χ1) is 12.4. The van der Waals surface area contributed by atoms with E-state index in [2.05, 4.69) is 9.82 Å². The van der Waals surface area contributed by atoms with Gasteiger partial charge in [0, 0.05) is 39.5 Å². The number of hydrogen-bond acceptors (Lipinski definition) is 6. The molecule has 1 atom stereocenters. The van der Waals surface area contributed by atoms with Crippen molar-refractivity contribution in [3.05, 3.63) is 17.5 Å². The van der Waals surface area contributed by atoms with Crippen LogP contribution in [0.5, 0.6) is 0 Å². The Bertz CT molecular complexity index is 804. The van der Waals surface area contributed by atoms with Gasteiger partial charge in [-0.3, -0.25) is 9.59 Å². The minimum Gasteiger partial charge on any atom is -0.337 e. The smallest absolute Gasteiger partial charge is 0.270 e. The number of nitrogens with zero attached hydrogens (tertiary/aromatic N) is 3. The van der Waals surface area contributed by atoms with Crippen LogP contribution in [0.4, 0.5) is 0 Å². The first-order valence-corrected chi connectivity index (χ1v) is 10.9. The van der Waals surface area contributed by atoms with Crippen molar-refractivity contribution in [2.75, 3.05) is 26.7 Å². The summed E-state index contributed by atoms with van der Waals surface area (Å²) in [5.74, 6) is -0.192. The molecule has 1 aromatic rings. The van der Waals surface area contributed by atoms with Crippen LogP contribution in [0.3, 0.4) is 0 Å². The second-order valence-corrected chi connectivity index (χ2v) is 9.45. The van der Waals surface area contributed by atoms with Crippen LogP contribution in [-0.4, -0.2) is 62.5 Å². The molecule has 1 fully saturated rings. The Kier molecular flexibility index (Phi) is 5.73. The first kappa shape index (κ1) is 19.0. The molecule has 0 spiro atoms. The van der Waals surface area contributed by atoms with E-state index < -0.39 is 10.0 Å². The maximum atomic E-state index is 12.7. The summed E-state index contributed by atoms with van der Waals surface area (Å²) in [5, 5.41) is 7.02. The lowest BCUT2D eigenvalue weighted by molar-refractivity contribution is -0.131. The molecule has 1 N–H and O–H groups in total. The monoisotopic (exact) mass is 398 g/mol. The fourth-order valence-electron chi connectivity index (χ4n) is 3.14. The lowest BCUT2D eigenvalue weighted by Crippen LogP contribution is -2.47. The lowest BCUT2D eigenvalue weighted by Gasteiger charge is -2.33. The van der Waals surface area contributed by atoms with E-state index in [0.29, 0.717) is 42.4 Å². The lowest BCUT2D eigenvalue weighted by atomic mass is 9.97. The quantitative estimate of drug-likeness (QED) is 0.796. The van der Waals surface area contributed by atoms with Crippen molar-refractivity contribution < 1.29 is 18.0 Å². The molecule has 3 heterocycles. The third-order valence-electron chi connectivity index (χ3n) is 4.58. The third-order valence-corrected chi connectivity index (χ3v) is 7.40. The molecule has 2 aliphatic heterocycles. The van der Waals surface area contributed by atoms with Gasteiger partial charge in [-0.25, -0.2) is 18.1 Å². The SMILES string of the molecule is CN1N=C(C(=O)N2CCC[C@H](CNS(=O)(=O)c3cccs3)C2)CCC1=O. The van der Waals surface area contributed by atoms with Crippen LogP contribution in [0.1, 0.15) is 25.7 Å². The number of thiophene rings is 1. The molecule has 142 valence electrons. The van der Waals surface area contributed by atoms with E-state index in [9.17, 15) is 18.0 Å². The number of likely N-dealkylation sites (tertiary alicyclic amines) is 1. The second kappa shape index (κ2) is 7.85. The van der Waals surface area contributed by atoms with E-state index in [4.69, 9.17) is 0 Å². The largest absolute Gasteiger partial charge is 0.337 e. The van der Waals surface area contributed by atoms with E-state index in [1.165, 1.54) is 16.3 Å². The zero-order chi connectivity index (χ0) is 18.7. The Labute approximate surface area is 156 Å². The van der Waals surface area contributed by atoms with E-state index in [-0.39, 0.29) is 17.7 Å². The average molecular weight is 399 g/mol. The molecule has 0 unspecified atom stereocenters. The number of piperidine rings is 1. The zero-order valence-electron chi connectivity index (χ0n) is 14.6. The summed E-state index contributed by atoms with van der Waals surface area (Å²) in [6, 6.07) is 3.27. The summed E-state index contributed by atoms with van der Waals surface area (Å²) in [7, 11) is -1.94. The van der Waals surface area contributed by atoms with Crippen LogP contribution in [0.25, 0.3) is 0 Å². The zero-order valence-corrected chi connectivity index (χ0v) is 16.2. The van der Waals surface area contributed by atoms with Gasteiger partial charge in [0.1, 0.15) is 9.92 Å². The van der Waals surface area contributed by atoms with E-state index in [1.54, 1.807) is 29.5 Å². The number of hydrogen-bond donors (Lipinski definition) is 1. The first-order valence-electron chi connectivity index (χ1n) is 8.53. The molecule has 8 nitrogen and oxygen atoms in total. The van der Waals surface area contributed by atoms with Crippen molar-refractivity contribution in [3.8, 4) is 0 Å². The Morgan fingerprint density at radius 1 is 1.42 bits per heavy atom. The number of carbonyl (C=O) groups is 2. The van der Waals surface area contributed by atoms with Gasteiger partial charge in [0.05, 0.1) is 0 Å². The maximum Gasteiger partial charge on any atom is 0.270 e. The van der Waals surface area contributed by atoms with Crippen molar-refractivity contribution in [1.82, 2.24) is 14.6 Å². The Morgan fingerprint density at radius 2 is 2.23 bits per heavy atom. The molecule has 0 radical (unpaired) electrons. The summed E-state index contributed by atoms with van der Waals surface area (Å²) in [6.45, 7) is 1.42. The highest BCUT2D eigenvalue weighted by atomic mass is 32.2. The number of sulfonamides is 1. The molecule has 26 heavy (non-hydrogen) atoms. The van der Waals surface area contributed by atoms with Gasteiger partial charge in [-0.2, -0.15) is 5.10 Å². The Hall–Kier alpha value is -1.78. The fourth-order valence-corrected chi connectivity index (χ4v) is 5.29. The standard InChI is InChI=1S/C16H22N4O4S2/c1-19-14(21)7-6-13(18-19)16(22)20-8-2-4-12(11-20)10-17-26(23,24)15-5-3-9-25-15/h3,5,9,12,17H,2,4,6-8,10-11H2,1H3/t12-/m1/s1. The van der Waals surface area contributed by atoms with E-state index >= 15 is 0 Å². The van der Waals surface area contributed by atoms with Crippen LogP contribution >= 0.6 is 11.3 Å². The van der Waals surface area contributed by atoms with E-state index in [0.717, 1.165) is 12.8 Å². The van der Waals surface area contributed by atoms with Gasteiger partial charge >= 0.3 is 0 Å². The van der Waals surface area contributed by atoms with Gasteiger partial charge in [-0.05, 0) is 30.2 Å². The Morgan fingerprint density at radius 3 is 2.92 bits per heavy atom. The topological polar surface area (TPSA) is 99.2 Å². The summed E-state index contributed by atoms with van der Waals surface area (Å²) >= 11 is 1.18. The molecule has 3 rings (SSSR count). The van der Waals surface area contributed by atoms with Crippen molar-refractivity contribution in [3.63, 3.8) is 0 Å². The molecule has 0 saturated carbocycles. The number of nitrogens with one attached hydrogen (secondary N) is 1. The molecule has 0 bridgehead atoms. The summed E-state index contributed by atoms with van der Waals surface area (Å²) in [5.41, 5.74) is 0.395. The van der Waals surface area contributed by atoms with Gasteiger partial charge in [0.2, 0.25) is 15.9 Å². The number of carbonyl (C=O) groups excluding carboxylic acids is 2. The van der Waals surface area contributed by atoms with Gasteiger partial charge in [0.15, 0.2) is 0 Å². The van der Waals surface area contributed by atoms with Crippen LogP contribution in [0, 0.1) is 5.92 Å². The van der Waals surface area contributed by atoms with E-state index in [1.807, 2.05) is 0 Å². The van der Waals surface area contributed by atoms with Crippen molar-refractivity contribution >= 4 is 38.9 Å². The highest BCUT2D eigenvalue weighted by Crippen LogP contribution is 2.20.